The molecule has 0 unspecified atom stereocenters. The lowest BCUT2D eigenvalue weighted by Crippen LogP contribution is -2.36. The van der Waals surface area contributed by atoms with E-state index in [1.807, 2.05) is 13.8 Å². The van der Waals surface area contributed by atoms with Crippen molar-refractivity contribution in [3.05, 3.63) is 0 Å². The van der Waals surface area contributed by atoms with Crippen molar-refractivity contribution in [3.8, 4) is 0 Å². The van der Waals surface area contributed by atoms with Crippen LogP contribution in [0.3, 0.4) is 0 Å². The Hall–Kier alpha value is -0.200. The third-order valence-electron chi connectivity index (χ3n) is 1.46. The molecule has 108 valence electrons. The Morgan fingerprint density at radius 2 is 1.00 bits per heavy atom. The van der Waals surface area contributed by atoms with Gasteiger partial charge in [-0.2, -0.15) is 0 Å². The van der Waals surface area contributed by atoms with Crippen LogP contribution >= 0.6 is 0 Å². The molecule has 5 heteroatoms. The van der Waals surface area contributed by atoms with Gasteiger partial charge in [-0.05, 0) is 54.7 Å². The molecule has 0 aromatic rings. The molecular weight excluding hydrogens is 214 g/mol. The highest BCUT2D eigenvalue weighted by atomic mass is 15.3. The molecule has 17 heavy (non-hydrogen) atoms. The number of hydrogen-bond acceptors (Lipinski definition) is 5. The lowest BCUT2D eigenvalue weighted by Gasteiger charge is -2.24. The topological polar surface area (TPSA) is 61.8 Å². The van der Waals surface area contributed by atoms with Gasteiger partial charge in [0.25, 0.3) is 0 Å². The molecule has 0 atom stereocenters. The van der Waals surface area contributed by atoms with E-state index in [9.17, 15) is 0 Å². The van der Waals surface area contributed by atoms with Crippen molar-refractivity contribution in [3.63, 3.8) is 0 Å². The van der Waals surface area contributed by atoms with Crippen LogP contribution in [0.4, 0.5) is 0 Å². The number of nitrogens with zero attached hydrogens (tertiary/aromatic N) is 3. The van der Waals surface area contributed by atoms with Crippen molar-refractivity contribution in [2.75, 3.05) is 61.7 Å². The van der Waals surface area contributed by atoms with E-state index in [-0.39, 0.29) is 0 Å². The first-order valence-corrected chi connectivity index (χ1v) is 6.32. The Bertz CT molecular complexity index is 105. The van der Waals surface area contributed by atoms with E-state index in [1.54, 1.807) is 0 Å². The summed E-state index contributed by atoms with van der Waals surface area (Å²) in [6.45, 7) is 7.46. The zero-order valence-electron chi connectivity index (χ0n) is 13.0. The maximum absolute atomic E-state index is 5.06. The quantitative estimate of drug-likeness (QED) is 0.662. The summed E-state index contributed by atoms with van der Waals surface area (Å²) in [5.74, 6) is 0. The molecule has 5 nitrogen and oxygen atoms in total. The van der Waals surface area contributed by atoms with Crippen molar-refractivity contribution in [2.45, 2.75) is 20.3 Å². The van der Waals surface area contributed by atoms with Crippen LogP contribution in [0, 0.1) is 0 Å². The van der Waals surface area contributed by atoms with Crippen molar-refractivity contribution in [2.24, 2.45) is 11.5 Å². The van der Waals surface area contributed by atoms with E-state index in [4.69, 9.17) is 11.5 Å². The molecule has 0 aliphatic rings. The van der Waals surface area contributed by atoms with Gasteiger partial charge in [0.15, 0.2) is 0 Å². The second-order valence-corrected chi connectivity index (χ2v) is 4.23. The fourth-order valence-electron chi connectivity index (χ4n) is 1.13. The average molecular weight is 249 g/mol. The summed E-state index contributed by atoms with van der Waals surface area (Å²) in [5.41, 5.74) is 10.1. The highest BCUT2D eigenvalue weighted by Crippen LogP contribution is 1.85. The number of rotatable bonds is 6. The Kier molecular flexibility index (Phi) is 23.5. The number of nitrogens with two attached hydrogens (primary N) is 2. The summed E-state index contributed by atoms with van der Waals surface area (Å²) in [6.07, 6.45) is 0.944. The molecule has 0 aromatic heterocycles. The van der Waals surface area contributed by atoms with Gasteiger partial charge in [0.05, 0.1) is 13.3 Å². The zero-order chi connectivity index (χ0) is 14.3. The Morgan fingerprint density at radius 3 is 1.12 bits per heavy atom. The highest BCUT2D eigenvalue weighted by molar-refractivity contribution is 4.45. The second-order valence-electron chi connectivity index (χ2n) is 4.23. The van der Waals surface area contributed by atoms with Crippen LogP contribution < -0.4 is 11.5 Å². The predicted molar refractivity (Wildman–Crippen MR) is 78.9 cm³/mol. The van der Waals surface area contributed by atoms with E-state index in [2.05, 4.69) is 49.9 Å². The minimum absolute atomic E-state index is 0.719. The third-order valence-corrected chi connectivity index (χ3v) is 1.46. The van der Waals surface area contributed by atoms with Gasteiger partial charge in [0.2, 0.25) is 0 Å². The van der Waals surface area contributed by atoms with Crippen LogP contribution in [0.25, 0.3) is 0 Å². The van der Waals surface area contributed by atoms with Gasteiger partial charge in [-0.25, -0.2) is 0 Å². The molecule has 0 radical (unpaired) electrons. The average Bonchev–Trinajstić information content (AvgIpc) is 2.20. The predicted octanol–water partition coefficient (Wildman–Crippen LogP) is 0.277. The molecule has 0 aromatic carbocycles. The summed E-state index contributed by atoms with van der Waals surface area (Å²) in [5, 5.41) is 0. The molecule has 4 N–H and O–H groups in total. The van der Waals surface area contributed by atoms with E-state index in [1.165, 1.54) is 0 Å². The maximum atomic E-state index is 5.06. The van der Waals surface area contributed by atoms with Crippen molar-refractivity contribution >= 4 is 0 Å². The van der Waals surface area contributed by atoms with Crippen LogP contribution in [-0.2, 0) is 0 Å². The zero-order valence-corrected chi connectivity index (χ0v) is 13.0. The van der Waals surface area contributed by atoms with Crippen LogP contribution in [0.15, 0.2) is 0 Å². The van der Waals surface area contributed by atoms with E-state index < -0.39 is 0 Å². The van der Waals surface area contributed by atoms with Gasteiger partial charge in [0, 0.05) is 0 Å². The lowest BCUT2D eigenvalue weighted by molar-refractivity contribution is 0.147. The lowest BCUT2D eigenvalue weighted by atomic mass is 10.4. The minimum atomic E-state index is 0.719. The first kappa shape index (κ1) is 22.0. The van der Waals surface area contributed by atoms with Crippen molar-refractivity contribution < 1.29 is 0 Å². The van der Waals surface area contributed by atoms with E-state index in [0.29, 0.717) is 0 Å². The first-order chi connectivity index (χ1) is 7.93. The van der Waals surface area contributed by atoms with Gasteiger partial charge in [-0.1, -0.05) is 13.8 Å². The van der Waals surface area contributed by atoms with Crippen molar-refractivity contribution in [1.82, 2.24) is 14.7 Å². The van der Waals surface area contributed by atoms with Gasteiger partial charge in [0.1, 0.15) is 0 Å². The second kappa shape index (κ2) is 18.2. The molecule has 0 fully saturated rings. The highest BCUT2D eigenvalue weighted by Gasteiger charge is 1.98. The van der Waals surface area contributed by atoms with Gasteiger partial charge >= 0.3 is 0 Å². The Balaban J connectivity index is -0.000000236. The monoisotopic (exact) mass is 249 g/mol. The van der Waals surface area contributed by atoms with Crippen LogP contribution in [0.1, 0.15) is 20.3 Å². The first-order valence-electron chi connectivity index (χ1n) is 6.32. The summed E-state index contributed by atoms with van der Waals surface area (Å²) in [6, 6.07) is 0. The molecule has 0 aliphatic carbocycles. The smallest absolute Gasteiger partial charge is 0.0509 e. The fraction of sp³-hybridized carbons (Fsp3) is 1.00. The van der Waals surface area contributed by atoms with Gasteiger partial charge in [-0.15, -0.1) is 0 Å². The SMILES string of the molecule is CC.CN(C)CN(C)CN(C)C.NCCCN. The minimum Gasteiger partial charge on any atom is -0.330 e. The molecule has 0 saturated carbocycles. The largest absolute Gasteiger partial charge is 0.330 e. The third kappa shape index (κ3) is 31.3. The molecule has 0 heterocycles. The molecule has 0 saturated heterocycles. The molecular formula is C12H35N5. The van der Waals surface area contributed by atoms with E-state index >= 15 is 0 Å². The van der Waals surface area contributed by atoms with Crippen molar-refractivity contribution in [1.29, 1.82) is 0 Å². The molecule has 0 amide bonds. The van der Waals surface area contributed by atoms with Gasteiger partial charge in [-0.3, -0.25) is 14.7 Å². The Labute approximate surface area is 109 Å². The van der Waals surface area contributed by atoms with Crippen LogP contribution in [-0.4, -0.2) is 76.4 Å². The molecule has 0 aliphatic heterocycles. The molecule has 0 bridgehead atoms. The number of hydrogen-bond donors (Lipinski definition) is 2. The Morgan fingerprint density at radius 1 is 0.706 bits per heavy atom. The summed E-state index contributed by atoms with van der Waals surface area (Å²) < 4.78 is 0. The fourth-order valence-corrected chi connectivity index (χ4v) is 1.13. The molecule has 0 rings (SSSR count). The van der Waals surface area contributed by atoms with Gasteiger partial charge < -0.3 is 11.5 Å². The summed E-state index contributed by atoms with van der Waals surface area (Å²) in [7, 11) is 10.4. The summed E-state index contributed by atoms with van der Waals surface area (Å²) >= 11 is 0. The normalized spacial score (nSPS) is 9.88. The maximum Gasteiger partial charge on any atom is 0.0509 e. The molecule has 0 spiro atoms. The van der Waals surface area contributed by atoms with Crippen LogP contribution in [0.2, 0.25) is 0 Å². The van der Waals surface area contributed by atoms with Crippen LogP contribution in [0.5, 0.6) is 0 Å². The van der Waals surface area contributed by atoms with E-state index in [0.717, 1.165) is 32.8 Å². The standard InChI is InChI=1S/C7H19N3.C3H10N2.C2H6/c1-8(2)6-10(5)7-9(3)4;4-2-1-3-5;1-2/h6-7H2,1-5H3;1-5H2;1-2H3. The summed E-state index contributed by atoms with van der Waals surface area (Å²) in [4.78, 5) is 6.56.